The number of aliphatic hydroxyl groups is 4. The molecule has 2 bridgehead atoms. The topological polar surface area (TPSA) is 327 Å². The SMILES string of the molecule is C=C(OC)C(=O)Nc1cc(OC)c(OC)cc1C(=O)O[C@H]1C[C@H](O[C@@H]2C(=O)C(NC(=O)OC)=C3/C(=C\CSSSC)[C@]2(O)C#C/C=C\C#C[C@@H]3O[C@@H]2O[C@H](C)[C@@H](NOC3C[C@H](O)[C@H](OC)[C@@H](C)O3)[C@H](O)[C@H]2O[C@H]2C[C@H](OC)[C@@H](NC(C)C)CO2)C[C@@H](C)[C@@H]1O. The van der Waals surface area contributed by atoms with E-state index in [1.807, 2.05) is 20.1 Å². The van der Waals surface area contributed by atoms with Crippen LogP contribution in [0.25, 0.3) is 0 Å². The molecule has 4 fully saturated rings. The molecular weight excluding hydrogens is 1220 g/mol. The van der Waals surface area contributed by atoms with E-state index in [1.165, 1.54) is 84.1 Å². The van der Waals surface area contributed by atoms with E-state index in [0.717, 1.165) is 7.11 Å². The zero-order valence-electron chi connectivity index (χ0n) is 51.7. The standard InChI is InChI=1S/C60H82N4O22S3/c1-29(2)61-38-28-79-45(27-41(38)74-8)85-54-51(67)48(64-86-46-26-39(65)53(77-11)32(5)80-46)31(4)81-58(54)84-40-18-16-14-15-17-20-60(72)36(19-21-88-89-87-13)47(40)49(63-59(71)78-12)52(68)55(60)82-34-22-30(3)50(66)44(23-34)83-57(70)35-24-42(75-9)43(76-10)25-37(35)62-56(69)33(6)73-7/h14-15,19,24-25,29-32,34,38-41,44-46,48,50-51,53-55,58,61,64-67,72H,6,21-23,26-28H2,1-5,7-13H3,(H,62,69)(H,63,71)/b15-14-,36-19+/t30-,31-,32-,34-,38+,39+,40+,41+,44+,45+,46?,48-,50+,51+,53-,54-,55-,58+,60-/m1/s1. The van der Waals surface area contributed by atoms with E-state index in [1.54, 1.807) is 34.0 Å². The van der Waals surface area contributed by atoms with Crippen LogP contribution in [0.1, 0.15) is 70.7 Å². The Labute approximate surface area is 529 Å². The summed E-state index contributed by atoms with van der Waals surface area (Å²) in [4.78, 5) is 62.6. The van der Waals surface area contributed by atoms with Crippen LogP contribution >= 0.6 is 31.4 Å². The number of Topliss-reactive ketones (excluding diaryl/α,β-unsaturated/α-hetero) is 1. The lowest BCUT2D eigenvalue weighted by molar-refractivity contribution is -0.338. The van der Waals surface area contributed by atoms with Crippen LogP contribution in [0.15, 0.2) is 59.5 Å². The first kappa shape index (κ1) is 71.5. The Bertz CT molecular complexity index is 2880. The molecule has 1 saturated carbocycles. The molecule has 3 aliphatic heterocycles. The largest absolute Gasteiger partial charge is 0.493 e. The molecule has 8 N–H and O–H groups in total. The number of hydrogen-bond donors (Lipinski definition) is 8. The van der Waals surface area contributed by atoms with Gasteiger partial charge in [-0.2, -0.15) is 5.48 Å². The summed E-state index contributed by atoms with van der Waals surface area (Å²) in [5, 5.41) is 57.1. The highest BCUT2D eigenvalue weighted by Crippen LogP contribution is 2.44. The van der Waals surface area contributed by atoms with Gasteiger partial charge in [0.1, 0.15) is 30.5 Å². The molecule has 1 aromatic carbocycles. The molecule has 3 aliphatic carbocycles. The lowest BCUT2D eigenvalue weighted by Crippen LogP contribution is -2.65. The lowest BCUT2D eigenvalue weighted by atomic mass is 9.73. The quantitative estimate of drug-likeness (QED) is 0.0132. The van der Waals surface area contributed by atoms with Crippen molar-refractivity contribution in [1.29, 1.82) is 0 Å². The number of amides is 2. The summed E-state index contributed by atoms with van der Waals surface area (Å²) >= 11 is 0. The van der Waals surface area contributed by atoms with Gasteiger partial charge in [0.25, 0.3) is 5.91 Å². The third kappa shape index (κ3) is 17.4. The second kappa shape index (κ2) is 33.0. The molecule has 19 atom stereocenters. The molecular formula is C60H82N4O22S3. The summed E-state index contributed by atoms with van der Waals surface area (Å²) in [6.45, 7) is 12.8. The fraction of sp³-hybridized carbons (Fsp3) is 0.633. The number of fused-ring (bicyclic) bond motifs is 2. The number of alkyl carbamates (subject to hydrolysis) is 1. The number of hydrogen-bond acceptors (Lipinski definition) is 27. The number of nitrogens with one attached hydrogen (secondary N) is 4. The molecule has 89 heavy (non-hydrogen) atoms. The maximum Gasteiger partial charge on any atom is 0.411 e. The molecule has 1 aromatic rings. The molecule has 2 amide bonds. The number of aliphatic hydroxyl groups excluding tert-OH is 3. The minimum atomic E-state index is -2.59. The zero-order chi connectivity index (χ0) is 64.9. The van der Waals surface area contributed by atoms with Gasteiger partial charge in [0.2, 0.25) is 5.78 Å². The maximum atomic E-state index is 15.7. The van der Waals surface area contributed by atoms with E-state index in [4.69, 9.17) is 66.4 Å². The molecule has 492 valence electrons. The summed E-state index contributed by atoms with van der Waals surface area (Å²) < 4.78 is 77.5. The number of ketones is 1. The first-order chi connectivity index (χ1) is 42.5. The van der Waals surface area contributed by atoms with Crippen LogP contribution in [-0.2, 0) is 66.5 Å². The summed E-state index contributed by atoms with van der Waals surface area (Å²) in [7, 11) is 12.3. The molecule has 29 heteroatoms. The molecule has 26 nitrogen and oxygen atoms in total. The molecule has 7 rings (SSSR count). The van der Waals surface area contributed by atoms with Crippen LogP contribution in [-0.4, -0.2) is 221 Å². The Morgan fingerprint density at radius 2 is 1.58 bits per heavy atom. The van der Waals surface area contributed by atoms with Gasteiger partial charge in [-0.05, 0) is 54.4 Å². The minimum absolute atomic E-state index is 0.0228. The van der Waals surface area contributed by atoms with Crippen LogP contribution in [0, 0.1) is 29.6 Å². The summed E-state index contributed by atoms with van der Waals surface area (Å²) in [5.41, 5.74) is -0.705. The van der Waals surface area contributed by atoms with Crippen LogP contribution < -0.4 is 30.9 Å². The number of anilines is 1. The Kier molecular flexibility index (Phi) is 26.5. The number of methoxy groups -OCH3 is 6. The Morgan fingerprint density at radius 1 is 0.854 bits per heavy atom. The maximum absolute atomic E-state index is 15.7. The Balaban J connectivity index is 1.27. The van der Waals surface area contributed by atoms with Crippen LogP contribution in [0.5, 0.6) is 11.5 Å². The predicted octanol–water partition coefficient (Wildman–Crippen LogP) is 3.36. The number of ether oxygens (including phenoxy) is 13. The van der Waals surface area contributed by atoms with Crippen molar-refractivity contribution in [1.82, 2.24) is 16.1 Å². The average molecular weight is 1310 g/mol. The van der Waals surface area contributed by atoms with Crippen LogP contribution in [0.4, 0.5) is 10.5 Å². The highest BCUT2D eigenvalue weighted by Gasteiger charge is 2.57. The van der Waals surface area contributed by atoms with E-state index in [2.05, 4.69) is 51.7 Å². The van der Waals surface area contributed by atoms with Crippen molar-refractivity contribution in [2.75, 3.05) is 66.6 Å². The summed E-state index contributed by atoms with van der Waals surface area (Å²) in [6, 6.07) is 1.43. The molecule has 0 radical (unpaired) electrons. The average Bonchev–Trinajstić information content (AvgIpc) is 0.971. The van der Waals surface area contributed by atoms with Gasteiger partial charge < -0.3 is 92.6 Å². The lowest BCUT2D eigenvalue weighted by Gasteiger charge is -2.47. The second-order valence-corrected chi connectivity index (χ2v) is 26.4. The van der Waals surface area contributed by atoms with Gasteiger partial charge in [0.15, 0.2) is 47.8 Å². The summed E-state index contributed by atoms with van der Waals surface area (Å²) in [6.07, 6.45) is -12.2. The van der Waals surface area contributed by atoms with Crippen molar-refractivity contribution < 1.29 is 106 Å². The third-order valence-corrected chi connectivity index (χ3v) is 19.5. The van der Waals surface area contributed by atoms with Crippen molar-refractivity contribution in [3.8, 4) is 35.2 Å². The summed E-state index contributed by atoms with van der Waals surface area (Å²) in [5.74, 6) is 8.27. The van der Waals surface area contributed by atoms with Gasteiger partial charge in [-0.25, -0.2) is 9.59 Å². The predicted molar refractivity (Wildman–Crippen MR) is 327 cm³/mol. The van der Waals surface area contributed by atoms with Gasteiger partial charge in [-0.15, -0.1) is 0 Å². The number of hydroxylamine groups is 1. The number of rotatable bonds is 25. The number of benzene rings is 1. The Hall–Kier alpha value is -4.97. The van der Waals surface area contributed by atoms with Gasteiger partial charge in [-0.3, -0.25) is 19.7 Å². The monoisotopic (exact) mass is 1310 g/mol. The number of carbonyl (C=O) groups is 4. The highest BCUT2D eigenvalue weighted by molar-refractivity contribution is 9.09. The van der Waals surface area contributed by atoms with Gasteiger partial charge in [-0.1, -0.05) is 78.7 Å². The third-order valence-electron chi connectivity index (χ3n) is 15.7. The van der Waals surface area contributed by atoms with E-state index in [9.17, 15) is 34.8 Å². The fourth-order valence-corrected chi connectivity index (χ4v) is 13.7. The molecule has 3 saturated heterocycles. The minimum Gasteiger partial charge on any atom is -0.493 e. The normalized spacial score (nSPS) is 34.4. The molecule has 3 heterocycles. The van der Waals surface area contributed by atoms with E-state index < -0.39 is 139 Å². The smallest absolute Gasteiger partial charge is 0.411 e. The van der Waals surface area contributed by atoms with Crippen molar-refractivity contribution in [3.63, 3.8) is 0 Å². The highest BCUT2D eigenvalue weighted by atomic mass is 33.5. The molecule has 1 unspecified atom stereocenters. The van der Waals surface area contributed by atoms with Gasteiger partial charge in [0, 0.05) is 68.6 Å². The van der Waals surface area contributed by atoms with Gasteiger partial charge >= 0.3 is 12.1 Å². The van der Waals surface area contributed by atoms with Crippen molar-refractivity contribution in [3.05, 3.63) is 65.1 Å². The first-order valence-electron chi connectivity index (χ1n) is 28.8. The van der Waals surface area contributed by atoms with Crippen molar-refractivity contribution in [2.24, 2.45) is 5.92 Å². The van der Waals surface area contributed by atoms with Gasteiger partial charge in [0.05, 0.1) is 101 Å². The van der Waals surface area contributed by atoms with Crippen LogP contribution in [0.2, 0.25) is 0 Å². The zero-order valence-corrected chi connectivity index (χ0v) is 54.1. The number of allylic oxidation sites excluding steroid dienone is 2. The fourth-order valence-electron chi connectivity index (χ4n) is 11.3. The van der Waals surface area contributed by atoms with Crippen molar-refractivity contribution in [2.45, 2.75) is 176 Å². The number of carbonyl (C=O) groups excluding carboxylic acids is 4. The Morgan fingerprint density at radius 3 is 2.25 bits per heavy atom. The van der Waals surface area contributed by atoms with E-state index >= 15 is 4.79 Å². The van der Waals surface area contributed by atoms with E-state index in [-0.39, 0.29) is 89.8 Å². The van der Waals surface area contributed by atoms with E-state index in [0.29, 0.717) is 0 Å². The second-order valence-electron chi connectivity index (χ2n) is 22.0. The molecule has 0 spiro atoms. The van der Waals surface area contributed by atoms with Crippen molar-refractivity contribution >= 4 is 60.9 Å². The number of esters is 1. The first-order valence-corrected chi connectivity index (χ1v) is 32.9. The molecule has 6 aliphatic rings. The molecule has 0 aromatic heterocycles. The van der Waals surface area contributed by atoms with Crippen LogP contribution in [0.3, 0.4) is 0 Å².